The Morgan fingerprint density at radius 2 is 2.00 bits per heavy atom. The maximum absolute atomic E-state index is 11.6. The summed E-state index contributed by atoms with van der Waals surface area (Å²) in [5, 5.41) is 3.25. The van der Waals surface area contributed by atoms with Crippen LogP contribution in [0.2, 0.25) is 0 Å². The summed E-state index contributed by atoms with van der Waals surface area (Å²) in [6, 6.07) is 7.90. The summed E-state index contributed by atoms with van der Waals surface area (Å²) in [5.74, 6) is 1.07. The predicted molar refractivity (Wildman–Crippen MR) is 86.3 cm³/mol. The second-order valence-electron chi connectivity index (χ2n) is 5.31. The lowest BCUT2D eigenvalue weighted by Gasteiger charge is -2.17. The largest absolute Gasteiger partial charge is 0.328 e. The van der Waals surface area contributed by atoms with Crippen molar-refractivity contribution in [1.29, 1.82) is 0 Å². The number of nitrogens with one attached hydrogen (secondary N) is 1. The smallest absolute Gasteiger partial charge is 0.148 e. The molecule has 0 spiro atoms. The van der Waals surface area contributed by atoms with Crippen molar-refractivity contribution < 1.29 is 8.42 Å². The molecule has 5 nitrogen and oxygen atoms in total. The molecule has 0 amide bonds. The monoisotopic (exact) mass is 309 g/mol. The third-order valence-electron chi connectivity index (χ3n) is 3.48. The van der Waals surface area contributed by atoms with Crippen molar-refractivity contribution in [2.45, 2.75) is 32.9 Å². The topological polar surface area (TPSA) is 64.0 Å². The van der Waals surface area contributed by atoms with Gasteiger partial charge in [0.25, 0.3) is 0 Å². The molecule has 1 aromatic carbocycles. The van der Waals surface area contributed by atoms with Crippen LogP contribution in [0.1, 0.15) is 19.7 Å². The van der Waals surface area contributed by atoms with Crippen molar-refractivity contribution >= 4 is 20.9 Å². The Bertz CT molecular complexity index is 707. The van der Waals surface area contributed by atoms with E-state index in [9.17, 15) is 8.42 Å². The maximum Gasteiger partial charge on any atom is 0.148 e. The quantitative estimate of drug-likeness (QED) is 0.844. The van der Waals surface area contributed by atoms with Gasteiger partial charge in [0.1, 0.15) is 15.7 Å². The van der Waals surface area contributed by atoms with E-state index in [4.69, 9.17) is 0 Å². The number of para-hydroxylation sites is 2. The van der Waals surface area contributed by atoms with Crippen LogP contribution in [0, 0.1) is 0 Å². The number of aryl methyl sites for hydroxylation is 1. The Morgan fingerprint density at radius 1 is 1.29 bits per heavy atom. The highest BCUT2D eigenvalue weighted by atomic mass is 32.2. The van der Waals surface area contributed by atoms with E-state index in [0.717, 1.165) is 29.9 Å². The molecule has 0 radical (unpaired) electrons. The Labute approximate surface area is 126 Å². The summed E-state index contributed by atoms with van der Waals surface area (Å²) in [6.07, 6.45) is 1.89. The fourth-order valence-corrected chi connectivity index (χ4v) is 3.67. The fourth-order valence-electron chi connectivity index (χ4n) is 2.70. The number of likely N-dealkylation sites (N-methyl/N-ethyl adjacent to an activating group) is 1. The van der Waals surface area contributed by atoms with Gasteiger partial charge in [-0.25, -0.2) is 13.4 Å². The lowest BCUT2D eigenvalue weighted by atomic mass is 10.2. The van der Waals surface area contributed by atoms with Crippen molar-refractivity contribution in [3.05, 3.63) is 30.1 Å². The number of benzene rings is 1. The van der Waals surface area contributed by atoms with Crippen LogP contribution in [0.15, 0.2) is 24.3 Å². The third kappa shape index (κ3) is 4.04. The molecule has 0 aliphatic carbocycles. The Balaban J connectivity index is 2.31. The van der Waals surface area contributed by atoms with Gasteiger partial charge in [0.15, 0.2) is 0 Å². The molecule has 0 aliphatic heterocycles. The van der Waals surface area contributed by atoms with E-state index in [0.29, 0.717) is 6.42 Å². The number of hydrogen-bond acceptors (Lipinski definition) is 4. The summed E-state index contributed by atoms with van der Waals surface area (Å²) >= 11 is 0. The highest BCUT2D eigenvalue weighted by Gasteiger charge is 2.18. The van der Waals surface area contributed by atoms with E-state index in [-0.39, 0.29) is 11.8 Å². The van der Waals surface area contributed by atoms with Crippen LogP contribution in [-0.4, -0.2) is 42.6 Å². The van der Waals surface area contributed by atoms with Crippen molar-refractivity contribution in [3.63, 3.8) is 0 Å². The SMILES string of the molecule is CCNC(Cc1nc2ccccc2n1CC)CS(C)(=O)=O. The summed E-state index contributed by atoms with van der Waals surface area (Å²) in [5.41, 5.74) is 2.06. The Hall–Kier alpha value is -1.40. The molecule has 2 rings (SSSR count). The second-order valence-corrected chi connectivity index (χ2v) is 7.50. The lowest BCUT2D eigenvalue weighted by Crippen LogP contribution is -2.37. The number of sulfone groups is 1. The van der Waals surface area contributed by atoms with Gasteiger partial charge in [-0.15, -0.1) is 0 Å². The van der Waals surface area contributed by atoms with E-state index in [1.54, 1.807) is 0 Å². The average molecular weight is 309 g/mol. The molecule has 1 heterocycles. The molecule has 0 saturated carbocycles. The van der Waals surface area contributed by atoms with Crippen molar-refractivity contribution in [2.24, 2.45) is 0 Å². The number of hydrogen-bond donors (Lipinski definition) is 1. The van der Waals surface area contributed by atoms with Gasteiger partial charge in [-0.1, -0.05) is 19.1 Å². The molecule has 1 N–H and O–H groups in total. The molecule has 21 heavy (non-hydrogen) atoms. The van der Waals surface area contributed by atoms with Gasteiger partial charge in [0.2, 0.25) is 0 Å². The van der Waals surface area contributed by atoms with Gasteiger partial charge in [-0.3, -0.25) is 0 Å². The van der Waals surface area contributed by atoms with Gasteiger partial charge in [-0.05, 0) is 25.6 Å². The minimum Gasteiger partial charge on any atom is -0.328 e. The summed E-state index contributed by atoms with van der Waals surface area (Å²) < 4.78 is 25.3. The first kappa shape index (κ1) is 16.0. The van der Waals surface area contributed by atoms with Crippen molar-refractivity contribution in [2.75, 3.05) is 18.6 Å². The number of fused-ring (bicyclic) bond motifs is 1. The van der Waals surface area contributed by atoms with Gasteiger partial charge in [-0.2, -0.15) is 0 Å². The van der Waals surface area contributed by atoms with Gasteiger partial charge < -0.3 is 9.88 Å². The number of imidazole rings is 1. The molecular formula is C15H23N3O2S. The van der Waals surface area contributed by atoms with Crippen LogP contribution in [0.25, 0.3) is 11.0 Å². The molecule has 0 saturated heterocycles. The van der Waals surface area contributed by atoms with Crippen LogP contribution in [0.3, 0.4) is 0 Å². The number of aromatic nitrogens is 2. The summed E-state index contributed by atoms with van der Waals surface area (Å²) in [6.45, 7) is 5.63. The summed E-state index contributed by atoms with van der Waals surface area (Å²) in [7, 11) is -3.01. The Kier molecular flexibility index (Phi) is 5.00. The third-order valence-corrected chi connectivity index (χ3v) is 4.48. The van der Waals surface area contributed by atoms with E-state index in [1.807, 2.05) is 31.2 Å². The van der Waals surface area contributed by atoms with E-state index in [2.05, 4.69) is 21.8 Å². The molecule has 2 aromatic rings. The zero-order chi connectivity index (χ0) is 15.5. The van der Waals surface area contributed by atoms with Crippen molar-refractivity contribution in [3.8, 4) is 0 Å². The molecule has 1 atom stereocenters. The molecule has 116 valence electrons. The first-order valence-electron chi connectivity index (χ1n) is 7.29. The highest BCUT2D eigenvalue weighted by Crippen LogP contribution is 2.17. The first-order chi connectivity index (χ1) is 9.94. The lowest BCUT2D eigenvalue weighted by molar-refractivity contribution is 0.527. The normalized spacial score (nSPS) is 13.7. The van der Waals surface area contributed by atoms with Crippen LogP contribution in [-0.2, 0) is 22.8 Å². The van der Waals surface area contributed by atoms with Crippen LogP contribution >= 0.6 is 0 Å². The van der Waals surface area contributed by atoms with Crippen molar-refractivity contribution in [1.82, 2.24) is 14.9 Å². The molecule has 0 aliphatic rings. The van der Waals surface area contributed by atoms with Crippen LogP contribution < -0.4 is 5.32 Å². The van der Waals surface area contributed by atoms with Gasteiger partial charge in [0, 0.05) is 25.3 Å². The molecule has 1 aromatic heterocycles. The molecule has 1 unspecified atom stereocenters. The van der Waals surface area contributed by atoms with Crippen LogP contribution in [0.5, 0.6) is 0 Å². The first-order valence-corrected chi connectivity index (χ1v) is 9.36. The summed E-state index contributed by atoms with van der Waals surface area (Å²) in [4.78, 5) is 4.66. The molecular weight excluding hydrogens is 286 g/mol. The average Bonchev–Trinajstić information content (AvgIpc) is 2.74. The van der Waals surface area contributed by atoms with Gasteiger partial charge >= 0.3 is 0 Å². The second kappa shape index (κ2) is 6.58. The zero-order valence-electron chi connectivity index (χ0n) is 12.8. The van der Waals surface area contributed by atoms with Gasteiger partial charge in [0.05, 0.1) is 16.8 Å². The highest BCUT2D eigenvalue weighted by molar-refractivity contribution is 7.90. The zero-order valence-corrected chi connectivity index (χ0v) is 13.7. The van der Waals surface area contributed by atoms with Crippen LogP contribution in [0.4, 0.5) is 0 Å². The molecule has 0 fully saturated rings. The van der Waals surface area contributed by atoms with E-state index in [1.165, 1.54) is 6.26 Å². The standard InChI is InChI=1S/C15H23N3O2S/c1-4-16-12(11-21(3,19)20)10-15-17-13-8-6-7-9-14(13)18(15)5-2/h6-9,12,16H,4-5,10-11H2,1-3H3. The minimum absolute atomic E-state index is 0.105. The van der Waals surface area contributed by atoms with E-state index >= 15 is 0 Å². The fraction of sp³-hybridized carbons (Fsp3) is 0.533. The molecule has 6 heteroatoms. The number of rotatable bonds is 7. The molecule has 0 bridgehead atoms. The minimum atomic E-state index is -3.01. The predicted octanol–water partition coefficient (Wildman–Crippen LogP) is 1.62. The number of nitrogens with zero attached hydrogens (tertiary/aromatic N) is 2. The maximum atomic E-state index is 11.6. The van der Waals surface area contributed by atoms with E-state index < -0.39 is 9.84 Å². The Morgan fingerprint density at radius 3 is 2.62 bits per heavy atom.